The molecule has 122 valence electrons. The van der Waals surface area contributed by atoms with Crippen LogP contribution in [0.4, 0.5) is 0 Å². The minimum absolute atomic E-state index is 0.387. The fourth-order valence-electron chi connectivity index (χ4n) is 1.43. The maximum Gasteiger partial charge on any atom is 0.331 e. The van der Waals surface area contributed by atoms with Gasteiger partial charge in [-0.05, 0) is 41.0 Å². The lowest BCUT2D eigenvalue weighted by Gasteiger charge is -2.31. The molecular weight excluding hydrogens is 276 g/mol. The molecule has 0 fully saturated rings. The van der Waals surface area contributed by atoms with Crippen LogP contribution in [0.25, 0.3) is 0 Å². The summed E-state index contributed by atoms with van der Waals surface area (Å²) in [6.07, 6.45) is 2.40. The van der Waals surface area contributed by atoms with Crippen molar-refractivity contribution in [1.29, 1.82) is 0 Å². The molecule has 6 heteroatoms. The van der Waals surface area contributed by atoms with Crippen LogP contribution in [0.5, 0.6) is 0 Å². The number of hydrogen-bond acceptors (Lipinski definition) is 5. The molecule has 0 saturated carbocycles. The summed E-state index contributed by atoms with van der Waals surface area (Å²) in [6.45, 7) is 11.2. The topological polar surface area (TPSA) is 82.1 Å². The van der Waals surface area contributed by atoms with Gasteiger partial charge in [0.2, 0.25) is 0 Å². The number of carboxylic acid groups (broad SMARTS) is 1. The Balaban J connectivity index is 4.32. The first-order valence-corrected chi connectivity index (χ1v) is 6.96. The van der Waals surface area contributed by atoms with Crippen molar-refractivity contribution in [2.75, 3.05) is 0 Å². The Labute approximate surface area is 126 Å². The number of ether oxygens (including phenoxy) is 1. The molecule has 0 aliphatic heterocycles. The highest BCUT2D eigenvalue weighted by Crippen LogP contribution is 2.23. The van der Waals surface area contributed by atoms with Gasteiger partial charge in [-0.2, -0.15) is 0 Å². The summed E-state index contributed by atoms with van der Waals surface area (Å²) in [6, 6.07) is 0. The Kier molecular flexibility index (Phi) is 7.60. The summed E-state index contributed by atoms with van der Waals surface area (Å²) >= 11 is 0. The highest BCUT2D eigenvalue weighted by molar-refractivity contribution is 5.90. The molecule has 0 bridgehead atoms. The maximum absolute atomic E-state index is 11.4. The van der Waals surface area contributed by atoms with Crippen molar-refractivity contribution in [3.8, 4) is 0 Å². The van der Waals surface area contributed by atoms with Crippen molar-refractivity contribution in [1.82, 2.24) is 0 Å². The van der Waals surface area contributed by atoms with E-state index in [9.17, 15) is 9.59 Å². The van der Waals surface area contributed by atoms with Crippen LogP contribution in [0.1, 0.15) is 54.4 Å². The Morgan fingerprint density at radius 1 is 1.10 bits per heavy atom. The average Bonchev–Trinajstić information content (AvgIpc) is 2.33. The van der Waals surface area contributed by atoms with Gasteiger partial charge in [-0.3, -0.25) is 0 Å². The molecule has 21 heavy (non-hydrogen) atoms. The van der Waals surface area contributed by atoms with Gasteiger partial charge in [0.15, 0.2) is 0 Å². The van der Waals surface area contributed by atoms with Gasteiger partial charge in [-0.15, -0.1) is 0 Å². The highest BCUT2D eigenvalue weighted by atomic mass is 17.2. The standard InChI is InChI=1S/C15H26O6/c1-7-14(3,4)20-21-15(5,6)10-11(2)19-13(18)9-8-12(16)17/h8-9,11H,7,10H2,1-6H3,(H,16,17)/b9-8-. The van der Waals surface area contributed by atoms with E-state index in [4.69, 9.17) is 19.6 Å². The van der Waals surface area contributed by atoms with E-state index in [0.29, 0.717) is 6.42 Å². The lowest BCUT2D eigenvalue weighted by atomic mass is 10.0. The number of carboxylic acids is 1. The molecule has 0 radical (unpaired) electrons. The van der Waals surface area contributed by atoms with Crippen LogP contribution in [-0.2, 0) is 24.1 Å². The molecule has 0 aliphatic carbocycles. The lowest BCUT2D eigenvalue weighted by Crippen LogP contribution is -2.35. The van der Waals surface area contributed by atoms with Crippen molar-refractivity contribution in [2.24, 2.45) is 0 Å². The number of carbonyl (C=O) groups is 2. The highest BCUT2D eigenvalue weighted by Gasteiger charge is 2.28. The first-order chi connectivity index (χ1) is 9.47. The number of carbonyl (C=O) groups excluding carboxylic acids is 1. The zero-order chi connectivity index (χ0) is 16.7. The van der Waals surface area contributed by atoms with E-state index in [0.717, 1.165) is 18.6 Å². The van der Waals surface area contributed by atoms with E-state index in [1.807, 2.05) is 34.6 Å². The Bertz CT molecular complexity index is 384. The van der Waals surface area contributed by atoms with E-state index in [1.165, 1.54) is 0 Å². The molecule has 0 aromatic heterocycles. The molecule has 0 aliphatic rings. The van der Waals surface area contributed by atoms with Gasteiger partial charge in [0.1, 0.15) is 11.7 Å². The second-order valence-electron chi connectivity index (χ2n) is 6.16. The summed E-state index contributed by atoms with van der Waals surface area (Å²) in [7, 11) is 0. The van der Waals surface area contributed by atoms with Gasteiger partial charge >= 0.3 is 11.9 Å². The molecular formula is C15H26O6. The number of hydrogen-bond donors (Lipinski definition) is 1. The zero-order valence-corrected chi connectivity index (χ0v) is 13.6. The molecule has 0 rings (SSSR count). The van der Waals surface area contributed by atoms with Crippen molar-refractivity contribution >= 4 is 11.9 Å². The predicted octanol–water partition coefficient (Wildman–Crippen LogP) is 2.86. The number of aliphatic carboxylic acids is 1. The molecule has 0 aromatic rings. The second kappa shape index (κ2) is 8.14. The molecule has 1 N–H and O–H groups in total. The van der Waals surface area contributed by atoms with Crippen LogP contribution >= 0.6 is 0 Å². The molecule has 0 aromatic carbocycles. The molecule has 0 heterocycles. The zero-order valence-electron chi connectivity index (χ0n) is 13.6. The largest absolute Gasteiger partial charge is 0.478 e. The van der Waals surface area contributed by atoms with Crippen molar-refractivity contribution in [3.05, 3.63) is 12.2 Å². The summed E-state index contributed by atoms with van der Waals surface area (Å²) in [5, 5.41) is 8.42. The summed E-state index contributed by atoms with van der Waals surface area (Å²) in [5.74, 6) is -1.89. The van der Waals surface area contributed by atoms with E-state index in [1.54, 1.807) is 6.92 Å². The van der Waals surface area contributed by atoms with Crippen LogP contribution in [-0.4, -0.2) is 34.4 Å². The quantitative estimate of drug-likeness (QED) is 0.305. The van der Waals surface area contributed by atoms with E-state index >= 15 is 0 Å². The number of esters is 1. The first kappa shape index (κ1) is 19.6. The summed E-state index contributed by atoms with van der Waals surface area (Å²) in [4.78, 5) is 32.5. The third kappa shape index (κ3) is 10.0. The van der Waals surface area contributed by atoms with E-state index in [2.05, 4.69) is 0 Å². The third-order valence-corrected chi connectivity index (χ3v) is 2.80. The van der Waals surface area contributed by atoms with Crippen LogP contribution in [0.2, 0.25) is 0 Å². The lowest BCUT2D eigenvalue weighted by molar-refractivity contribution is -0.403. The second-order valence-corrected chi connectivity index (χ2v) is 6.16. The van der Waals surface area contributed by atoms with Crippen molar-refractivity contribution in [2.45, 2.75) is 71.7 Å². The first-order valence-electron chi connectivity index (χ1n) is 6.96. The average molecular weight is 302 g/mol. The minimum atomic E-state index is -1.20. The fraction of sp³-hybridized carbons (Fsp3) is 0.733. The monoisotopic (exact) mass is 302 g/mol. The third-order valence-electron chi connectivity index (χ3n) is 2.80. The number of rotatable bonds is 9. The fourth-order valence-corrected chi connectivity index (χ4v) is 1.43. The molecule has 0 saturated heterocycles. The Morgan fingerprint density at radius 3 is 2.10 bits per heavy atom. The molecule has 1 unspecified atom stereocenters. The van der Waals surface area contributed by atoms with Crippen LogP contribution in [0.3, 0.4) is 0 Å². The van der Waals surface area contributed by atoms with Crippen LogP contribution < -0.4 is 0 Å². The predicted molar refractivity (Wildman–Crippen MR) is 77.6 cm³/mol. The van der Waals surface area contributed by atoms with Gasteiger partial charge in [0.25, 0.3) is 0 Å². The van der Waals surface area contributed by atoms with Gasteiger partial charge in [-0.1, -0.05) is 6.92 Å². The van der Waals surface area contributed by atoms with E-state index < -0.39 is 23.6 Å². The maximum atomic E-state index is 11.4. The summed E-state index contributed by atoms with van der Waals surface area (Å²) in [5.41, 5.74) is -1.02. The van der Waals surface area contributed by atoms with Crippen LogP contribution in [0, 0.1) is 0 Å². The SMILES string of the molecule is CCC(C)(C)OOC(C)(C)CC(C)OC(=O)/C=C\C(=O)O. The normalized spacial score (nSPS) is 14.2. The van der Waals surface area contributed by atoms with Gasteiger partial charge < -0.3 is 9.84 Å². The minimum Gasteiger partial charge on any atom is -0.478 e. The Morgan fingerprint density at radius 2 is 1.62 bits per heavy atom. The Hall–Kier alpha value is -1.40. The van der Waals surface area contributed by atoms with Crippen LogP contribution in [0.15, 0.2) is 12.2 Å². The van der Waals surface area contributed by atoms with E-state index in [-0.39, 0.29) is 5.60 Å². The molecule has 0 amide bonds. The molecule has 1 atom stereocenters. The van der Waals surface area contributed by atoms with Crippen molar-refractivity contribution < 1.29 is 29.2 Å². The van der Waals surface area contributed by atoms with Crippen molar-refractivity contribution in [3.63, 3.8) is 0 Å². The molecule has 6 nitrogen and oxygen atoms in total. The van der Waals surface area contributed by atoms with Gasteiger partial charge in [-0.25, -0.2) is 19.4 Å². The molecule has 0 spiro atoms. The smallest absolute Gasteiger partial charge is 0.331 e. The summed E-state index contributed by atoms with van der Waals surface area (Å²) < 4.78 is 5.07. The van der Waals surface area contributed by atoms with Gasteiger partial charge in [0, 0.05) is 18.6 Å². The van der Waals surface area contributed by atoms with Gasteiger partial charge in [0.05, 0.1) is 5.60 Å².